The van der Waals surface area contributed by atoms with Crippen molar-refractivity contribution in [3.63, 3.8) is 0 Å². The molecule has 2 N–H and O–H groups in total. The average Bonchev–Trinajstić information content (AvgIpc) is 2.38. The van der Waals surface area contributed by atoms with Crippen LogP contribution in [0, 0.1) is 0 Å². The molecular weight excluding hydrogens is 268 g/mol. The Labute approximate surface area is 116 Å². The minimum absolute atomic E-state index is 0.108. The first-order valence-electron chi connectivity index (χ1n) is 6.46. The third-order valence-corrected chi connectivity index (χ3v) is 2.67. The normalized spacial score (nSPS) is 12.2. The van der Waals surface area contributed by atoms with Gasteiger partial charge in [0.15, 0.2) is 0 Å². The van der Waals surface area contributed by atoms with Gasteiger partial charge in [-0.25, -0.2) is 0 Å². The molecule has 0 aliphatic rings. The Morgan fingerprint density at radius 3 is 2.55 bits per heavy atom. The second-order valence-corrected chi connectivity index (χ2v) is 4.51. The van der Waals surface area contributed by atoms with Crippen molar-refractivity contribution in [2.45, 2.75) is 38.9 Å². The van der Waals surface area contributed by atoms with E-state index in [9.17, 15) is 13.6 Å². The van der Waals surface area contributed by atoms with Gasteiger partial charge in [0.05, 0.1) is 6.10 Å². The number of hydrogen-bond donors (Lipinski definition) is 2. The Kier molecular flexibility index (Phi) is 6.93. The third kappa shape index (κ3) is 7.04. The molecule has 0 aromatic heterocycles. The molecule has 0 aliphatic carbocycles. The number of rotatable bonds is 8. The zero-order chi connectivity index (χ0) is 15.0. The van der Waals surface area contributed by atoms with E-state index in [0.717, 1.165) is 5.56 Å². The largest absolute Gasteiger partial charge is 0.435 e. The molecular formula is C14H19F2NO3. The predicted molar refractivity (Wildman–Crippen MR) is 70.7 cm³/mol. The van der Waals surface area contributed by atoms with Crippen LogP contribution in [0.15, 0.2) is 24.3 Å². The van der Waals surface area contributed by atoms with Crippen molar-refractivity contribution in [2.75, 3.05) is 6.54 Å². The number of carbonyl (C=O) groups excluding carboxylic acids is 1. The van der Waals surface area contributed by atoms with E-state index in [0.29, 0.717) is 25.8 Å². The van der Waals surface area contributed by atoms with Crippen LogP contribution in [0.2, 0.25) is 0 Å². The SMILES string of the molecule is CC(O)CCC(=O)NCCc1ccc(OC(F)F)cc1. The van der Waals surface area contributed by atoms with Crippen molar-refractivity contribution in [3.05, 3.63) is 29.8 Å². The highest BCUT2D eigenvalue weighted by Crippen LogP contribution is 2.14. The first-order chi connectivity index (χ1) is 9.47. The lowest BCUT2D eigenvalue weighted by Crippen LogP contribution is -2.26. The van der Waals surface area contributed by atoms with E-state index in [1.54, 1.807) is 19.1 Å². The Bertz CT molecular complexity index is 407. The molecule has 0 bridgehead atoms. The molecule has 1 rings (SSSR count). The predicted octanol–water partition coefficient (Wildman–Crippen LogP) is 2.11. The number of nitrogens with one attached hydrogen (secondary N) is 1. The van der Waals surface area contributed by atoms with Crippen LogP contribution in [0.4, 0.5) is 8.78 Å². The van der Waals surface area contributed by atoms with Gasteiger partial charge in [-0.15, -0.1) is 0 Å². The van der Waals surface area contributed by atoms with Crippen LogP contribution in [0.3, 0.4) is 0 Å². The fraction of sp³-hybridized carbons (Fsp3) is 0.500. The van der Waals surface area contributed by atoms with Crippen molar-refractivity contribution in [2.24, 2.45) is 0 Å². The number of ether oxygens (including phenoxy) is 1. The van der Waals surface area contributed by atoms with Crippen LogP contribution in [0.5, 0.6) is 5.75 Å². The van der Waals surface area contributed by atoms with E-state index in [1.165, 1.54) is 12.1 Å². The van der Waals surface area contributed by atoms with E-state index in [4.69, 9.17) is 5.11 Å². The van der Waals surface area contributed by atoms with Gasteiger partial charge >= 0.3 is 6.61 Å². The fourth-order valence-electron chi connectivity index (χ4n) is 1.61. The van der Waals surface area contributed by atoms with Crippen molar-refractivity contribution < 1.29 is 23.4 Å². The lowest BCUT2D eigenvalue weighted by atomic mass is 10.1. The monoisotopic (exact) mass is 287 g/mol. The second-order valence-electron chi connectivity index (χ2n) is 4.51. The van der Waals surface area contributed by atoms with Crippen molar-refractivity contribution in [1.82, 2.24) is 5.32 Å². The number of aliphatic hydroxyl groups excluding tert-OH is 1. The number of benzene rings is 1. The second kappa shape index (κ2) is 8.47. The molecule has 0 spiro atoms. The maximum Gasteiger partial charge on any atom is 0.387 e. The summed E-state index contributed by atoms with van der Waals surface area (Å²) in [4.78, 5) is 11.4. The van der Waals surface area contributed by atoms with Crippen LogP contribution in [0.1, 0.15) is 25.3 Å². The maximum absolute atomic E-state index is 12.0. The number of aliphatic hydroxyl groups is 1. The molecule has 1 unspecified atom stereocenters. The summed E-state index contributed by atoms with van der Waals surface area (Å²) in [5, 5.41) is 11.8. The smallest absolute Gasteiger partial charge is 0.387 e. The van der Waals surface area contributed by atoms with E-state index in [1.807, 2.05) is 0 Å². The van der Waals surface area contributed by atoms with Gasteiger partial charge in [-0.1, -0.05) is 12.1 Å². The molecule has 0 aliphatic heterocycles. The zero-order valence-electron chi connectivity index (χ0n) is 11.3. The number of alkyl halides is 2. The highest BCUT2D eigenvalue weighted by atomic mass is 19.3. The Balaban J connectivity index is 2.26. The van der Waals surface area contributed by atoms with E-state index >= 15 is 0 Å². The molecule has 4 nitrogen and oxygen atoms in total. The van der Waals surface area contributed by atoms with E-state index in [2.05, 4.69) is 10.1 Å². The maximum atomic E-state index is 12.0. The molecule has 1 amide bonds. The number of halogens is 2. The van der Waals surface area contributed by atoms with Crippen LogP contribution >= 0.6 is 0 Å². The van der Waals surface area contributed by atoms with E-state index in [-0.39, 0.29) is 11.7 Å². The van der Waals surface area contributed by atoms with Gasteiger partial charge in [-0.3, -0.25) is 4.79 Å². The highest BCUT2D eigenvalue weighted by molar-refractivity contribution is 5.75. The van der Waals surface area contributed by atoms with Gasteiger partial charge in [0.1, 0.15) is 5.75 Å². The van der Waals surface area contributed by atoms with Crippen LogP contribution in [-0.4, -0.2) is 30.3 Å². The van der Waals surface area contributed by atoms with Crippen LogP contribution in [-0.2, 0) is 11.2 Å². The summed E-state index contributed by atoms with van der Waals surface area (Å²) in [5.74, 6) is 0.00766. The quantitative estimate of drug-likeness (QED) is 0.770. The van der Waals surface area contributed by atoms with Crippen LogP contribution in [0.25, 0.3) is 0 Å². The molecule has 112 valence electrons. The molecule has 1 aromatic carbocycles. The summed E-state index contributed by atoms with van der Waals surface area (Å²) in [7, 11) is 0. The number of hydrogen-bond acceptors (Lipinski definition) is 3. The lowest BCUT2D eigenvalue weighted by Gasteiger charge is -2.08. The van der Waals surface area contributed by atoms with Crippen molar-refractivity contribution in [1.29, 1.82) is 0 Å². The van der Waals surface area contributed by atoms with Gasteiger partial charge in [0, 0.05) is 13.0 Å². The fourth-order valence-corrected chi connectivity index (χ4v) is 1.61. The average molecular weight is 287 g/mol. The summed E-state index contributed by atoms with van der Waals surface area (Å²) in [6, 6.07) is 6.30. The Morgan fingerprint density at radius 2 is 2.00 bits per heavy atom. The zero-order valence-corrected chi connectivity index (χ0v) is 11.3. The summed E-state index contributed by atoms with van der Waals surface area (Å²) in [5.41, 5.74) is 0.919. The Hall–Kier alpha value is -1.69. The summed E-state index contributed by atoms with van der Waals surface area (Å²) < 4.78 is 28.1. The molecule has 0 heterocycles. The summed E-state index contributed by atoms with van der Waals surface area (Å²) in [6.45, 7) is -0.724. The van der Waals surface area contributed by atoms with Gasteiger partial charge < -0.3 is 15.2 Å². The Morgan fingerprint density at radius 1 is 1.35 bits per heavy atom. The number of carbonyl (C=O) groups is 1. The van der Waals surface area contributed by atoms with Crippen molar-refractivity contribution >= 4 is 5.91 Å². The lowest BCUT2D eigenvalue weighted by molar-refractivity contribution is -0.121. The molecule has 0 saturated heterocycles. The molecule has 0 radical (unpaired) electrons. The highest BCUT2D eigenvalue weighted by Gasteiger charge is 2.05. The van der Waals surface area contributed by atoms with Gasteiger partial charge in [-0.2, -0.15) is 8.78 Å². The van der Waals surface area contributed by atoms with Crippen LogP contribution < -0.4 is 10.1 Å². The first kappa shape index (κ1) is 16.4. The van der Waals surface area contributed by atoms with Gasteiger partial charge in [0.2, 0.25) is 5.91 Å². The third-order valence-electron chi connectivity index (χ3n) is 2.67. The molecule has 1 atom stereocenters. The first-order valence-corrected chi connectivity index (χ1v) is 6.46. The molecule has 20 heavy (non-hydrogen) atoms. The standard InChI is InChI=1S/C14H19F2NO3/c1-10(18)2-7-13(19)17-9-8-11-3-5-12(6-4-11)20-14(15)16/h3-6,10,14,18H,2,7-9H2,1H3,(H,17,19). The summed E-state index contributed by atoms with van der Waals surface area (Å²) in [6.07, 6.45) is 0.850. The van der Waals surface area contributed by atoms with E-state index < -0.39 is 12.7 Å². The van der Waals surface area contributed by atoms with Crippen molar-refractivity contribution in [3.8, 4) is 5.75 Å². The minimum Gasteiger partial charge on any atom is -0.435 e. The number of amides is 1. The van der Waals surface area contributed by atoms with Gasteiger partial charge in [0.25, 0.3) is 0 Å². The topological polar surface area (TPSA) is 58.6 Å². The molecule has 0 fully saturated rings. The molecule has 6 heteroatoms. The molecule has 0 saturated carbocycles. The minimum atomic E-state index is -2.82. The molecule has 1 aromatic rings. The summed E-state index contributed by atoms with van der Waals surface area (Å²) >= 11 is 0. The van der Waals surface area contributed by atoms with Gasteiger partial charge in [-0.05, 0) is 37.5 Å².